The summed E-state index contributed by atoms with van der Waals surface area (Å²) < 4.78 is 17.8. The third-order valence-corrected chi connectivity index (χ3v) is 5.39. The van der Waals surface area contributed by atoms with Crippen LogP contribution in [0.15, 0.2) is 53.2 Å². The maximum atomic E-state index is 13.1. The monoisotopic (exact) mass is 394 g/mol. The highest BCUT2D eigenvalue weighted by atomic mass is 19.1. The van der Waals surface area contributed by atoms with Gasteiger partial charge in [-0.15, -0.1) is 0 Å². The molecule has 0 unspecified atom stereocenters. The highest BCUT2D eigenvalue weighted by molar-refractivity contribution is 5.92. The van der Waals surface area contributed by atoms with Crippen molar-refractivity contribution in [3.8, 4) is 0 Å². The molecule has 3 aromatic rings. The maximum absolute atomic E-state index is 13.1. The van der Waals surface area contributed by atoms with Crippen molar-refractivity contribution >= 4 is 23.0 Å². The zero-order chi connectivity index (χ0) is 20.4. The largest absolute Gasteiger partial charge is 0.334 e. The Hall–Kier alpha value is -3.06. The summed E-state index contributed by atoms with van der Waals surface area (Å²) in [5.41, 5.74) is 3.30. The molecule has 1 aromatic heterocycles. The van der Waals surface area contributed by atoms with Crippen molar-refractivity contribution in [3.05, 3.63) is 65.5 Å². The molecule has 150 valence electrons. The Labute approximate surface area is 168 Å². The van der Waals surface area contributed by atoms with Crippen molar-refractivity contribution in [3.63, 3.8) is 0 Å². The Balaban J connectivity index is 1.39. The molecule has 7 heteroatoms. The molecule has 4 rings (SSSR count). The van der Waals surface area contributed by atoms with Crippen molar-refractivity contribution in [2.45, 2.75) is 32.5 Å². The Morgan fingerprint density at radius 1 is 1.10 bits per heavy atom. The van der Waals surface area contributed by atoms with Crippen LogP contribution in [0.4, 0.5) is 4.39 Å². The number of rotatable bonds is 4. The summed E-state index contributed by atoms with van der Waals surface area (Å²) in [5, 5.41) is 7.60. The van der Waals surface area contributed by atoms with Crippen LogP contribution >= 0.6 is 0 Å². The molecule has 6 nitrogen and oxygen atoms in total. The second kappa shape index (κ2) is 8.13. The van der Waals surface area contributed by atoms with Gasteiger partial charge in [0.05, 0.1) is 0 Å². The number of halogens is 1. The van der Waals surface area contributed by atoms with E-state index in [0.717, 1.165) is 24.2 Å². The lowest BCUT2D eigenvalue weighted by atomic mass is 10.1. The van der Waals surface area contributed by atoms with Crippen molar-refractivity contribution < 1.29 is 13.8 Å². The molecule has 0 spiro atoms. The maximum Gasteiger partial charge on any atom is 0.246 e. The smallest absolute Gasteiger partial charge is 0.246 e. The predicted octanol–water partition coefficient (Wildman–Crippen LogP) is 3.50. The SMILES string of the molecule is C[C@@H]1CN(C(=O)C=Cc2ccc3nonc3c2)[C@@H](C)CN1Cc1ccc(F)cc1. The van der Waals surface area contributed by atoms with E-state index in [4.69, 9.17) is 4.63 Å². The van der Waals surface area contributed by atoms with E-state index in [2.05, 4.69) is 29.1 Å². The normalized spacial score (nSPS) is 20.6. The molecule has 2 atom stereocenters. The Morgan fingerprint density at radius 3 is 2.66 bits per heavy atom. The van der Waals surface area contributed by atoms with E-state index in [1.54, 1.807) is 12.2 Å². The second-order valence-electron chi connectivity index (χ2n) is 7.59. The van der Waals surface area contributed by atoms with Crippen molar-refractivity contribution in [1.82, 2.24) is 20.1 Å². The highest BCUT2D eigenvalue weighted by Gasteiger charge is 2.30. The molecule has 2 aromatic carbocycles. The molecule has 29 heavy (non-hydrogen) atoms. The van der Waals surface area contributed by atoms with E-state index in [1.807, 2.05) is 35.2 Å². The summed E-state index contributed by atoms with van der Waals surface area (Å²) >= 11 is 0. The highest BCUT2D eigenvalue weighted by Crippen LogP contribution is 2.19. The predicted molar refractivity (Wildman–Crippen MR) is 108 cm³/mol. The Morgan fingerprint density at radius 2 is 1.86 bits per heavy atom. The van der Waals surface area contributed by atoms with Gasteiger partial charge in [-0.05, 0) is 65.6 Å². The van der Waals surface area contributed by atoms with Crippen LogP contribution in [0.2, 0.25) is 0 Å². The first kappa shape index (κ1) is 19.3. The van der Waals surface area contributed by atoms with Crippen LogP contribution in [0.5, 0.6) is 0 Å². The molecular weight excluding hydrogens is 371 g/mol. The van der Waals surface area contributed by atoms with E-state index >= 15 is 0 Å². The minimum absolute atomic E-state index is 0.0100. The summed E-state index contributed by atoms with van der Waals surface area (Å²) in [5.74, 6) is -0.236. The van der Waals surface area contributed by atoms with E-state index in [0.29, 0.717) is 17.6 Å². The van der Waals surface area contributed by atoms with Crippen molar-refractivity contribution in [1.29, 1.82) is 0 Å². The van der Waals surface area contributed by atoms with Crippen LogP contribution in [0.3, 0.4) is 0 Å². The zero-order valence-corrected chi connectivity index (χ0v) is 16.5. The fourth-order valence-electron chi connectivity index (χ4n) is 3.72. The van der Waals surface area contributed by atoms with Crippen molar-refractivity contribution in [2.24, 2.45) is 0 Å². The number of amides is 1. The molecule has 1 aliphatic rings. The van der Waals surface area contributed by atoms with Gasteiger partial charge in [0, 0.05) is 37.8 Å². The van der Waals surface area contributed by atoms with E-state index in [-0.39, 0.29) is 23.8 Å². The van der Waals surface area contributed by atoms with E-state index < -0.39 is 0 Å². The lowest BCUT2D eigenvalue weighted by molar-refractivity contribution is -0.131. The van der Waals surface area contributed by atoms with Gasteiger partial charge in [0.25, 0.3) is 0 Å². The number of nitrogens with zero attached hydrogens (tertiary/aromatic N) is 4. The summed E-state index contributed by atoms with van der Waals surface area (Å²) in [7, 11) is 0. The number of fused-ring (bicyclic) bond motifs is 1. The first-order chi connectivity index (χ1) is 14.0. The third-order valence-electron chi connectivity index (χ3n) is 5.39. The fourth-order valence-corrected chi connectivity index (χ4v) is 3.72. The number of aromatic nitrogens is 2. The molecular formula is C22H23FN4O2. The molecule has 1 aliphatic heterocycles. The number of piperazine rings is 1. The Bertz CT molecular complexity index is 1030. The molecule has 0 bridgehead atoms. The number of carbonyl (C=O) groups excluding carboxylic acids is 1. The van der Waals surface area contributed by atoms with Gasteiger partial charge in [-0.1, -0.05) is 18.2 Å². The molecule has 1 saturated heterocycles. The quantitative estimate of drug-likeness (QED) is 0.634. The van der Waals surface area contributed by atoms with Gasteiger partial charge < -0.3 is 4.90 Å². The molecule has 0 saturated carbocycles. The topological polar surface area (TPSA) is 62.5 Å². The summed E-state index contributed by atoms with van der Waals surface area (Å²) in [6, 6.07) is 12.4. The standard InChI is InChI=1S/C22H23FN4O2/c1-15-13-27(16(2)12-26(15)14-18-3-7-19(23)8-4-18)22(28)10-6-17-5-9-20-21(11-17)25-29-24-20/h3-11,15-16H,12-14H2,1-2H3/t15-,16+/m1/s1. The lowest BCUT2D eigenvalue weighted by Gasteiger charge is -2.44. The van der Waals surface area contributed by atoms with Gasteiger partial charge in [0.1, 0.15) is 16.9 Å². The third kappa shape index (κ3) is 4.35. The average molecular weight is 394 g/mol. The zero-order valence-electron chi connectivity index (χ0n) is 16.5. The molecule has 0 aliphatic carbocycles. The van der Waals surface area contributed by atoms with Crippen LogP contribution < -0.4 is 0 Å². The molecule has 0 N–H and O–H groups in total. The minimum atomic E-state index is -0.226. The Kier molecular flexibility index (Phi) is 5.40. The first-order valence-electron chi connectivity index (χ1n) is 9.69. The number of carbonyl (C=O) groups is 1. The van der Waals surface area contributed by atoms with Crippen LogP contribution in [0.25, 0.3) is 17.1 Å². The molecule has 1 amide bonds. The van der Waals surface area contributed by atoms with Gasteiger partial charge >= 0.3 is 0 Å². The van der Waals surface area contributed by atoms with E-state index in [1.165, 1.54) is 12.1 Å². The van der Waals surface area contributed by atoms with Gasteiger partial charge in [-0.2, -0.15) is 0 Å². The number of benzene rings is 2. The molecule has 2 heterocycles. The van der Waals surface area contributed by atoms with Crippen molar-refractivity contribution in [2.75, 3.05) is 13.1 Å². The average Bonchev–Trinajstić information content (AvgIpc) is 3.18. The van der Waals surface area contributed by atoms with E-state index in [9.17, 15) is 9.18 Å². The lowest BCUT2D eigenvalue weighted by Crippen LogP contribution is -2.57. The fraction of sp³-hybridized carbons (Fsp3) is 0.318. The van der Waals surface area contributed by atoms with Crippen LogP contribution in [-0.2, 0) is 11.3 Å². The van der Waals surface area contributed by atoms with Gasteiger partial charge in [-0.25, -0.2) is 9.02 Å². The number of hydrogen-bond donors (Lipinski definition) is 0. The second-order valence-corrected chi connectivity index (χ2v) is 7.59. The molecule has 1 fully saturated rings. The number of hydrogen-bond acceptors (Lipinski definition) is 5. The van der Waals surface area contributed by atoms with Crippen LogP contribution in [0, 0.1) is 5.82 Å². The summed E-state index contributed by atoms with van der Waals surface area (Å²) in [6.45, 7) is 6.34. The summed E-state index contributed by atoms with van der Waals surface area (Å²) in [4.78, 5) is 17.0. The summed E-state index contributed by atoms with van der Waals surface area (Å²) in [6.07, 6.45) is 3.40. The molecule has 0 radical (unpaired) electrons. The minimum Gasteiger partial charge on any atom is -0.334 e. The van der Waals surface area contributed by atoms with Crippen LogP contribution in [-0.4, -0.2) is 51.2 Å². The van der Waals surface area contributed by atoms with Crippen LogP contribution in [0.1, 0.15) is 25.0 Å². The first-order valence-corrected chi connectivity index (χ1v) is 9.69. The van der Waals surface area contributed by atoms with Gasteiger partial charge in [-0.3, -0.25) is 9.69 Å². The van der Waals surface area contributed by atoms with Gasteiger partial charge in [0.15, 0.2) is 0 Å². The van der Waals surface area contributed by atoms with Gasteiger partial charge in [0.2, 0.25) is 5.91 Å².